The van der Waals surface area contributed by atoms with Crippen LogP contribution in [0.5, 0.6) is 0 Å². The molecule has 1 aromatic carbocycles. The van der Waals surface area contributed by atoms with E-state index in [-0.39, 0.29) is 5.91 Å². The summed E-state index contributed by atoms with van der Waals surface area (Å²) in [6.07, 6.45) is 2.98. The van der Waals surface area contributed by atoms with Crippen LogP contribution < -0.4 is 11.1 Å². The Morgan fingerprint density at radius 2 is 1.81 bits per heavy atom. The quantitative estimate of drug-likeness (QED) is 0.740. The van der Waals surface area contributed by atoms with Crippen molar-refractivity contribution in [3.05, 3.63) is 35.9 Å². The highest BCUT2D eigenvalue weighted by Crippen LogP contribution is 2.05. The minimum Gasteiger partial charge on any atom is -0.351 e. The van der Waals surface area contributed by atoms with Gasteiger partial charge in [0.1, 0.15) is 0 Å². The van der Waals surface area contributed by atoms with Crippen molar-refractivity contribution in [3.8, 4) is 0 Å². The molecule has 1 rings (SSSR count). The summed E-state index contributed by atoms with van der Waals surface area (Å²) < 4.78 is 0. The molecule has 0 bridgehead atoms. The van der Waals surface area contributed by atoms with Gasteiger partial charge in [-0.05, 0) is 24.8 Å². The van der Waals surface area contributed by atoms with E-state index in [9.17, 15) is 9.59 Å². The van der Waals surface area contributed by atoms with Crippen molar-refractivity contribution in [2.24, 2.45) is 5.73 Å². The highest BCUT2D eigenvalue weighted by atomic mass is 16.2. The summed E-state index contributed by atoms with van der Waals surface area (Å²) in [4.78, 5) is 21.4. The third-order valence-corrected chi connectivity index (χ3v) is 2.22. The molecule has 0 aliphatic heterocycles. The third kappa shape index (κ3) is 5.14. The van der Waals surface area contributed by atoms with Crippen LogP contribution in [-0.2, 0) is 11.2 Å². The van der Waals surface area contributed by atoms with Gasteiger partial charge in [0.25, 0.3) is 0 Å². The highest BCUT2D eigenvalue weighted by molar-refractivity contribution is 5.93. The molecule has 0 fully saturated rings. The molecular formula is C12H16N2O2. The first-order valence-corrected chi connectivity index (χ1v) is 5.31. The number of hydrogen-bond donors (Lipinski definition) is 2. The predicted octanol–water partition coefficient (Wildman–Crippen LogP) is 1.59. The van der Waals surface area contributed by atoms with Crippen molar-refractivity contribution in [1.82, 2.24) is 5.32 Å². The maximum absolute atomic E-state index is 11.1. The van der Waals surface area contributed by atoms with Gasteiger partial charge in [-0.15, -0.1) is 0 Å². The lowest BCUT2D eigenvalue weighted by Crippen LogP contribution is -2.34. The van der Waals surface area contributed by atoms with Gasteiger partial charge in [-0.25, -0.2) is 4.79 Å². The fourth-order valence-electron chi connectivity index (χ4n) is 1.46. The topological polar surface area (TPSA) is 72.2 Å². The van der Waals surface area contributed by atoms with E-state index in [1.165, 1.54) is 5.56 Å². The number of amides is 3. The molecule has 0 unspecified atom stereocenters. The normalized spacial score (nSPS) is 9.75. The van der Waals surface area contributed by atoms with Crippen molar-refractivity contribution in [2.45, 2.75) is 25.7 Å². The van der Waals surface area contributed by atoms with E-state index in [1.807, 2.05) is 23.5 Å². The molecule has 0 radical (unpaired) electrons. The Labute approximate surface area is 94.8 Å². The van der Waals surface area contributed by atoms with Crippen LogP contribution in [0.4, 0.5) is 4.79 Å². The second-order valence-corrected chi connectivity index (χ2v) is 3.61. The zero-order valence-corrected chi connectivity index (χ0v) is 9.11. The summed E-state index contributed by atoms with van der Waals surface area (Å²) in [6.45, 7) is 0. The summed E-state index contributed by atoms with van der Waals surface area (Å²) in [7, 11) is 0. The lowest BCUT2D eigenvalue weighted by atomic mass is 10.1. The minimum absolute atomic E-state index is 0.305. The lowest BCUT2D eigenvalue weighted by Gasteiger charge is -2.01. The van der Waals surface area contributed by atoms with E-state index in [2.05, 4.69) is 12.1 Å². The minimum atomic E-state index is -0.784. The Hall–Kier alpha value is -1.84. The van der Waals surface area contributed by atoms with Crippen molar-refractivity contribution in [2.75, 3.05) is 0 Å². The molecule has 16 heavy (non-hydrogen) atoms. The Balaban J connectivity index is 2.13. The van der Waals surface area contributed by atoms with Crippen LogP contribution in [0, 0.1) is 0 Å². The molecule has 86 valence electrons. The van der Waals surface area contributed by atoms with E-state index in [4.69, 9.17) is 5.73 Å². The van der Waals surface area contributed by atoms with Crippen LogP contribution in [0.3, 0.4) is 0 Å². The van der Waals surface area contributed by atoms with Crippen LogP contribution in [-0.4, -0.2) is 11.9 Å². The fourth-order valence-corrected chi connectivity index (χ4v) is 1.46. The molecule has 3 N–H and O–H groups in total. The van der Waals surface area contributed by atoms with Gasteiger partial charge < -0.3 is 5.73 Å². The van der Waals surface area contributed by atoms with Gasteiger partial charge in [-0.1, -0.05) is 30.3 Å². The van der Waals surface area contributed by atoms with Gasteiger partial charge >= 0.3 is 6.03 Å². The van der Waals surface area contributed by atoms with E-state index in [0.29, 0.717) is 6.42 Å². The van der Waals surface area contributed by atoms with Crippen LogP contribution in [0.15, 0.2) is 30.3 Å². The van der Waals surface area contributed by atoms with Gasteiger partial charge in [0.2, 0.25) is 5.91 Å². The molecule has 0 aliphatic rings. The van der Waals surface area contributed by atoms with Crippen molar-refractivity contribution in [3.63, 3.8) is 0 Å². The van der Waals surface area contributed by atoms with Crippen LogP contribution >= 0.6 is 0 Å². The number of nitrogens with two attached hydrogens (primary N) is 1. The second kappa shape index (κ2) is 6.61. The second-order valence-electron chi connectivity index (χ2n) is 3.61. The van der Waals surface area contributed by atoms with Gasteiger partial charge in [0.15, 0.2) is 0 Å². The molecule has 1 aromatic rings. The number of imide groups is 1. The van der Waals surface area contributed by atoms with E-state index < -0.39 is 6.03 Å². The van der Waals surface area contributed by atoms with Gasteiger partial charge in [-0.2, -0.15) is 0 Å². The van der Waals surface area contributed by atoms with Crippen molar-refractivity contribution in [1.29, 1.82) is 0 Å². The number of unbranched alkanes of at least 4 members (excludes halogenated alkanes) is 1. The maximum atomic E-state index is 11.1. The number of nitrogens with one attached hydrogen (secondary N) is 1. The Kier molecular flexibility index (Phi) is 5.05. The smallest absolute Gasteiger partial charge is 0.318 e. The fraction of sp³-hybridized carbons (Fsp3) is 0.333. The molecular weight excluding hydrogens is 204 g/mol. The molecule has 4 heteroatoms. The van der Waals surface area contributed by atoms with Crippen molar-refractivity contribution >= 4 is 11.9 Å². The van der Waals surface area contributed by atoms with Gasteiger partial charge in [0, 0.05) is 6.42 Å². The molecule has 0 saturated heterocycles. The summed E-state index contributed by atoms with van der Waals surface area (Å²) in [6, 6.07) is 9.30. The van der Waals surface area contributed by atoms with E-state index in [0.717, 1.165) is 19.3 Å². The first kappa shape index (κ1) is 12.2. The number of primary amides is 1. The predicted molar refractivity (Wildman–Crippen MR) is 61.7 cm³/mol. The van der Waals surface area contributed by atoms with E-state index >= 15 is 0 Å². The van der Waals surface area contributed by atoms with Gasteiger partial charge in [-0.3, -0.25) is 10.1 Å². The van der Waals surface area contributed by atoms with E-state index in [1.54, 1.807) is 0 Å². The zero-order valence-electron chi connectivity index (χ0n) is 9.11. The monoisotopic (exact) mass is 220 g/mol. The zero-order chi connectivity index (χ0) is 11.8. The lowest BCUT2D eigenvalue weighted by molar-refractivity contribution is -0.120. The number of hydrogen-bond acceptors (Lipinski definition) is 2. The molecule has 0 saturated carbocycles. The molecule has 0 heterocycles. The molecule has 3 amide bonds. The molecule has 0 spiro atoms. The summed E-state index contributed by atoms with van der Waals surface area (Å²) in [5.74, 6) is -0.305. The average Bonchev–Trinajstić information content (AvgIpc) is 2.25. The largest absolute Gasteiger partial charge is 0.351 e. The van der Waals surface area contributed by atoms with Crippen LogP contribution in [0.1, 0.15) is 24.8 Å². The standard InChI is InChI=1S/C12H16N2O2/c13-12(16)14-11(15)9-5-4-8-10-6-2-1-3-7-10/h1-3,6-7H,4-5,8-9H2,(H3,13,14,15,16). The number of carbonyl (C=O) groups excluding carboxylic acids is 2. The summed E-state index contributed by atoms with van der Waals surface area (Å²) >= 11 is 0. The molecule has 4 nitrogen and oxygen atoms in total. The number of benzene rings is 1. The van der Waals surface area contributed by atoms with Crippen LogP contribution in [0.2, 0.25) is 0 Å². The van der Waals surface area contributed by atoms with Gasteiger partial charge in [0.05, 0.1) is 0 Å². The SMILES string of the molecule is NC(=O)NC(=O)CCCCc1ccccc1. The number of carbonyl (C=O) groups is 2. The first-order chi connectivity index (χ1) is 7.68. The maximum Gasteiger partial charge on any atom is 0.318 e. The molecule has 0 aromatic heterocycles. The number of rotatable bonds is 5. The summed E-state index contributed by atoms with van der Waals surface area (Å²) in [5, 5.41) is 2.04. The van der Waals surface area contributed by atoms with Crippen LogP contribution in [0.25, 0.3) is 0 Å². The number of aryl methyl sites for hydroxylation is 1. The number of urea groups is 1. The van der Waals surface area contributed by atoms with Crippen molar-refractivity contribution < 1.29 is 9.59 Å². The first-order valence-electron chi connectivity index (χ1n) is 5.31. The Morgan fingerprint density at radius 1 is 1.12 bits per heavy atom. The molecule has 0 aliphatic carbocycles. The average molecular weight is 220 g/mol. The Morgan fingerprint density at radius 3 is 2.44 bits per heavy atom. The highest BCUT2D eigenvalue weighted by Gasteiger charge is 2.03. The third-order valence-electron chi connectivity index (χ3n) is 2.22. The molecule has 0 atom stereocenters. The Bertz CT molecular complexity index is 349. The summed E-state index contributed by atoms with van der Waals surface area (Å²) in [5.41, 5.74) is 6.08.